The van der Waals surface area contributed by atoms with Gasteiger partial charge in [0.05, 0.1) is 0 Å². The first-order valence-electron chi connectivity index (χ1n) is 4.64. The zero-order valence-corrected chi connectivity index (χ0v) is 10.3. The normalized spacial score (nSPS) is 12.3. The Morgan fingerprint density at radius 1 is 1.21 bits per heavy atom. The maximum absolute atomic E-state index is 5.73. The molecule has 0 aliphatic heterocycles. The molecule has 0 aromatic heterocycles. The first-order chi connectivity index (χ1) is 6.24. The quantitative estimate of drug-likeness (QED) is 0.861. The lowest BCUT2D eigenvalue weighted by Crippen LogP contribution is -2.11. The van der Waals surface area contributed by atoms with E-state index in [4.69, 9.17) is 5.73 Å². The molecule has 80 valence electrons. The van der Waals surface area contributed by atoms with Gasteiger partial charge in [0.25, 0.3) is 0 Å². The number of halogens is 1. The second-order valence-electron chi connectivity index (χ2n) is 3.32. The lowest BCUT2D eigenvalue weighted by molar-refractivity contribution is 0.928. The largest absolute Gasteiger partial charge is 0.329 e. The van der Waals surface area contributed by atoms with Crippen molar-refractivity contribution >= 4 is 24.2 Å². The maximum atomic E-state index is 5.73. The molecule has 1 aromatic rings. The Bertz CT molecular complexity index is 238. The number of rotatable bonds is 4. The summed E-state index contributed by atoms with van der Waals surface area (Å²) in [7, 11) is 0. The van der Waals surface area contributed by atoms with Crippen LogP contribution in [-0.4, -0.2) is 11.8 Å². The number of hydrogen-bond acceptors (Lipinski definition) is 2. The standard InChI is InChI=1S/C11H17NS.ClH/c1-9(2)13-11(8-12)10-6-4-3-5-7-10;/h3-7,9,11H,8,12H2,1-2H3;1H. The Morgan fingerprint density at radius 3 is 2.21 bits per heavy atom. The molecule has 0 saturated carbocycles. The van der Waals surface area contributed by atoms with Gasteiger partial charge >= 0.3 is 0 Å². The molecule has 0 aliphatic rings. The fraction of sp³-hybridized carbons (Fsp3) is 0.455. The molecule has 0 bridgehead atoms. The fourth-order valence-corrected chi connectivity index (χ4v) is 2.35. The van der Waals surface area contributed by atoms with E-state index in [9.17, 15) is 0 Å². The summed E-state index contributed by atoms with van der Waals surface area (Å²) >= 11 is 1.93. The molecule has 14 heavy (non-hydrogen) atoms. The summed E-state index contributed by atoms with van der Waals surface area (Å²) in [4.78, 5) is 0. The minimum absolute atomic E-state index is 0. The Kier molecular flexibility index (Phi) is 7.06. The zero-order chi connectivity index (χ0) is 9.68. The summed E-state index contributed by atoms with van der Waals surface area (Å²) in [5, 5.41) is 1.08. The van der Waals surface area contributed by atoms with E-state index < -0.39 is 0 Å². The van der Waals surface area contributed by atoms with E-state index in [1.807, 2.05) is 17.8 Å². The zero-order valence-electron chi connectivity index (χ0n) is 8.64. The summed E-state index contributed by atoms with van der Waals surface area (Å²) in [6, 6.07) is 10.5. The van der Waals surface area contributed by atoms with Crippen LogP contribution in [0.3, 0.4) is 0 Å². The maximum Gasteiger partial charge on any atom is 0.0422 e. The Morgan fingerprint density at radius 2 is 1.79 bits per heavy atom. The Labute approximate surface area is 96.9 Å². The van der Waals surface area contributed by atoms with Crippen molar-refractivity contribution in [3.8, 4) is 0 Å². The predicted molar refractivity (Wildman–Crippen MR) is 68.2 cm³/mol. The summed E-state index contributed by atoms with van der Waals surface area (Å²) in [5.41, 5.74) is 7.07. The molecule has 0 aliphatic carbocycles. The lowest BCUT2D eigenvalue weighted by atomic mass is 10.1. The molecule has 0 fully saturated rings. The van der Waals surface area contributed by atoms with E-state index in [0.717, 1.165) is 0 Å². The van der Waals surface area contributed by atoms with Crippen molar-refractivity contribution in [3.05, 3.63) is 35.9 Å². The Hall–Kier alpha value is -0.180. The van der Waals surface area contributed by atoms with E-state index in [-0.39, 0.29) is 12.4 Å². The van der Waals surface area contributed by atoms with Gasteiger partial charge in [0, 0.05) is 11.8 Å². The van der Waals surface area contributed by atoms with Crippen LogP contribution < -0.4 is 5.73 Å². The van der Waals surface area contributed by atoms with Crippen molar-refractivity contribution in [1.29, 1.82) is 0 Å². The van der Waals surface area contributed by atoms with Crippen LogP contribution in [0.15, 0.2) is 30.3 Å². The number of hydrogen-bond donors (Lipinski definition) is 1. The van der Waals surface area contributed by atoms with Crippen LogP contribution in [0, 0.1) is 0 Å². The van der Waals surface area contributed by atoms with Gasteiger partial charge in [-0.25, -0.2) is 0 Å². The molecule has 1 unspecified atom stereocenters. The number of benzene rings is 1. The van der Waals surface area contributed by atoms with E-state index in [1.165, 1.54) is 5.56 Å². The van der Waals surface area contributed by atoms with Gasteiger partial charge in [-0.2, -0.15) is 0 Å². The van der Waals surface area contributed by atoms with Crippen molar-refractivity contribution in [2.45, 2.75) is 24.3 Å². The number of nitrogens with two attached hydrogens (primary N) is 1. The lowest BCUT2D eigenvalue weighted by Gasteiger charge is -2.16. The van der Waals surface area contributed by atoms with E-state index in [2.05, 4.69) is 38.1 Å². The summed E-state index contributed by atoms with van der Waals surface area (Å²) in [5.74, 6) is 0. The molecular formula is C11H18ClNS. The highest BCUT2D eigenvalue weighted by atomic mass is 35.5. The molecule has 1 nitrogen and oxygen atoms in total. The second-order valence-corrected chi connectivity index (χ2v) is 5.10. The Balaban J connectivity index is 0.00000169. The van der Waals surface area contributed by atoms with Crippen LogP contribution in [0.1, 0.15) is 24.7 Å². The van der Waals surface area contributed by atoms with Gasteiger partial charge in [-0.05, 0) is 10.8 Å². The van der Waals surface area contributed by atoms with Crippen molar-refractivity contribution in [2.75, 3.05) is 6.54 Å². The molecule has 2 N–H and O–H groups in total. The van der Waals surface area contributed by atoms with Crippen molar-refractivity contribution in [3.63, 3.8) is 0 Å². The van der Waals surface area contributed by atoms with Crippen LogP contribution in [0.4, 0.5) is 0 Å². The highest BCUT2D eigenvalue weighted by Crippen LogP contribution is 2.30. The van der Waals surface area contributed by atoms with E-state index in [1.54, 1.807) is 0 Å². The highest BCUT2D eigenvalue weighted by molar-refractivity contribution is 8.00. The van der Waals surface area contributed by atoms with Gasteiger partial charge in [-0.1, -0.05) is 44.2 Å². The molecule has 1 atom stereocenters. The first kappa shape index (κ1) is 13.8. The van der Waals surface area contributed by atoms with Gasteiger partial charge in [0.1, 0.15) is 0 Å². The van der Waals surface area contributed by atoms with Crippen molar-refractivity contribution < 1.29 is 0 Å². The molecule has 1 aromatic carbocycles. The molecule has 0 heterocycles. The van der Waals surface area contributed by atoms with Gasteiger partial charge in [-0.15, -0.1) is 24.2 Å². The fourth-order valence-electron chi connectivity index (χ4n) is 1.27. The van der Waals surface area contributed by atoms with Gasteiger partial charge in [0.2, 0.25) is 0 Å². The summed E-state index contributed by atoms with van der Waals surface area (Å²) in [6.07, 6.45) is 0. The van der Waals surface area contributed by atoms with Crippen LogP contribution in [-0.2, 0) is 0 Å². The molecule has 0 radical (unpaired) electrons. The van der Waals surface area contributed by atoms with Gasteiger partial charge in [-0.3, -0.25) is 0 Å². The SMILES string of the molecule is CC(C)SC(CN)c1ccccc1.Cl. The molecule has 0 amide bonds. The molecule has 0 saturated heterocycles. The smallest absolute Gasteiger partial charge is 0.0422 e. The van der Waals surface area contributed by atoms with Crippen LogP contribution in [0.25, 0.3) is 0 Å². The van der Waals surface area contributed by atoms with E-state index in [0.29, 0.717) is 17.0 Å². The van der Waals surface area contributed by atoms with Crippen molar-refractivity contribution in [2.24, 2.45) is 5.73 Å². The summed E-state index contributed by atoms with van der Waals surface area (Å²) < 4.78 is 0. The second kappa shape index (κ2) is 7.16. The van der Waals surface area contributed by atoms with Gasteiger partial charge in [0.15, 0.2) is 0 Å². The first-order valence-corrected chi connectivity index (χ1v) is 5.58. The molecule has 0 spiro atoms. The average molecular weight is 232 g/mol. The minimum Gasteiger partial charge on any atom is -0.329 e. The average Bonchev–Trinajstić information content (AvgIpc) is 2.15. The van der Waals surface area contributed by atoms with Crippen LogP contribution >= 0.6 is 24.2 Å². The third kappa shape index (κ3) is 4.36. The molecule has 1 rings (SSSR count). The van der Waals surface area contributed by atoms with Crippen molar-refractivity contribution in [1.82, 2.24) is 0 Å². The highest BCUT2D eigenvalue weighted by Gasteiger charge is 2.10. The van der Waals surface area contributed by atoms with Crippen LogP contribution in [0.5, 0.6) is 0 Å². The topological polar surface area (TPSA) is 26.0 Å². The summed E-state index contributed by atoms with van der Waals surface area (Å²) in [6.45, 7) is 5.12. The predicted octanol–water partition coefficient (Wildman–Crippen LogP) is 3.25. The molecular weight excluding hydrogens is 214 g/mol. The number of thioether (sulfide) groups is 1. The third-order valence-electron chi connectivity index (χ3n) is 1.82. The van der Waals surface area contributed by atoms with Gasteiger partial charge < -0.3 is 5.73 Å². The molecule has 3 heteroatoms. The van der Waals surface area contributed by atoms with E-state index >= 15 is 0 Å². The third-order valence-corrected chi connectivity index (χ3v) is 3.16. The van der Waals surface area contributed by atoms with Crippen LogP contribution in [0.2, 0.25) is 0 Å². The monoisotopic (exact) mass is 231 g/mol. The minimum atomic E-state index is 0.